The summed E-state index contributed by atoms with van der Waals surface area (Å²) >= 11 is 0. The number of benzene rings is 2. The minimum absolute atomic E-state index is 0.0118. The van der Waals surface area contributed by atoms with Crippen molar-refractivity contribution in [2.45, 2.75) is 77.3 Å². The molecule has 0 spiro atoms. The molecule has 3 aromatic rings. The molecule has 0 saturated heterocycles. The zero-order chi connectivity index (χ0) is 23.8. The molecule has 0 aliphatic carbocycles. The number of fused-ring (bicyclic) bond motifs is 1. The van der Waals surface area contributed by atoms with Crippen molar-refractivity contribution in [3.8, 4) is 0 Å². The number of halogens is 1. The number of carbonyl (C=O) groups excluding carboxylic acids is 1. The van der Waals surface area contributed by atoms with E-state index in [2.05, 4.69) is 31.3 Å². The molecule has 1 N–H and O–H groups in total. The lowest BCUT2D eigenvalue weighted by molar-refractivity contribution is 0.0942. The smallest absolute Gasteiger partial charge is 0.169 e. The van der Waals surface area contributed by atoms with Gasteiger partial charge in [0.25, 0.3) is 0 Å². The number of carbonyl (C=O) groups is 1. The first kappa shape index (κ1) is 23.2. The highest BCUT2D eigenvalue weighted by Crippen LogP contribution is 2.43. The van der Waals surface area contributed by atoms with E-state index < -0.39 is 5.41 Å². The molecule has 2 aromatic carbocycles. The SMILES string of the molecule is CCC(CC)(CC(=O)c1c(C)nn2c1N[C@@H](c1ccccc1)CC2(C)C)c1ccccc1F. The molecule has 0 amide bonds. The first-order valence-electron chi connectivity index (χ1n) is 11.9. The average molecular weight is 448 g/mol. The van der Waals surface area contributed by atoms with Crippen molar-refractivity contribution in [2.75, 3.05) is 5.32 Å². The first-order chi connectivity index (χ1) is 15.7. The molecule has 2 heterocycles. The van der Waals surface area contributed by atoms with Crippen molar-refractivity contribution in [3.63, 3.8) is 0 Å². The summed E-state index contributed by atoms with van der Waals surface area (Å²) in [6, 6.07) is 17.3. The van der Waals surface area contributed by atoms with Gasteiger partial charge in [-0.2, -0.15) is 5.10 Å². The van der Waals surface area contributed by atoms with E-state index >= 15 is 0 Å². The topological polar surface area (TPSA) is 46.9 Å². The highest BCUT2D eigenvalue weighted by molar-refractivity contribution is 6.02. The quantitative estimate of drug-likeness (QED) is 0.399. The van der Waals surface area contributed by atoms with Crippen LogP contribution in [0.4, 0.5) is 10.2 Å². The van der Waals surface area contributed by atoms with Crippen LogP contribution in [0, 0.1) is 12.7 Å². The summed E-state index contributed by atoms with van der Waals surface area (Å²) in [5, 5.41) is 8.40. The summed E-state index contributed by atoms with van der Waals surface area (Å²) in [6.07, 6.45) is 2.48. The summed E-state index contributed by atoms with van der Waals surface area (Å²) in [6.45, 7) is 10.3. The summed E-state index contributed by atoms with van der Waals surface area (Å²) < 4.78 is 16.8. The Labute approximate surface area is 196 Å². The second-order valence-corrected chi connectivity index (χ2v) is 9.91. The van der Waals surface area contributed by atoms with Crippen LogP contribution in [0.1, 0.15) is 86.6 Å². The fourth-order valence-electron chi connectivity index (χ4n) is 5.38. The number of nitrogens with one attached hydrogen (secondary N) is 1. The van der Waals surface area contributed by atoms with Crippen molar-refractivity contribution in [1.82, 2.24) is 9.78 Å². The van der Waals surface area contributed by atoms with Crippen LogP contribution in [0.3, 0.4) is 0 Å². The van der Waals surface area contributed by atoms with E-state index in [1.165, 1.54) is 11.6 Å². The van der Waals surface area contributed by atoms with Crippen molar-refractivity contribution in [1.29, 1.82) is 0 Å². The van der Waals surface area contributed by atoms with Crippen LogP contribution in [-0.2, 0) is 11.0 Å². The molecular formula is C28H34FN3O. The number of aryl methyl sites for hydroxylation is 1. The molecule has 1 aliphatic rings. The van der Waals surface area contributed by atoms with E-state index in [9.17, 15) is 9.18 Å². The number of ketones is 1. The lowest BCUT2D eigenvalue weighted by Gasteiger charge is -2.38. The summed E-state index contributed by atoms with van der Waals surface area (Å²) in [5.41, 5.74) is 2.37. The number of nitrogens with zero attached hydrogens (tertiary/aromatic N) is 2. The van der Waals surface area contributed by atoms with Crippen molar-refractivity contribution in [3.05, 3.63) is 82.8 Å². The van der Waals surface area contributed by atoms with E-state index in [0.717, 1.165) is 17.9 Å². The average Bonchev–Trinajstić information content (AvgIpc) is 3.15. The molecule has 1 aromatic heterocycles. The molecule has 1 atom stereocenters. The third-order valence-electron chi connectivity index (χ3n) is 7.43. The number of Topliss-reactive ketones (excluding diaryl/α,β-unsaturated/α-hetero) is 1. The summed E-state index contributed by atoms with van der Waals surface area (Å²) in [4.78, 5) is 13.9. The molecule has 4 nitrogen and oxygen atoms in total. The van der Waals surface area contributed by atoms with Crippen molar-refractivity contribution in [2.24, 2.45) is 0 Å². The molecule has 0 saturated carbocycles. The Morgan fingerprint density at radius 2 is 1.76 bits per heavy atom. The predicted molar refractivity (Wildman–Crippen MR) is 131 cm³/mol. The number of hydrogen-bond acceptors (Lipinski definition) is 3. The van der Waals surface area contributed by atoms with Gasteiger partial charge in [0, 0.05) is 11.8 Å². The van der Waals surface area contributed by atoms with Gasteiger partial charge in [-0.3, -0.25) is 4.79 Å². The van der Waals surface area contributed by atoms with Crippen LogP contribution >= 0.6 is 0 Å². The lowest BCUT2D eigenvalue weighted by Crippen LogP contribution is -2.38. The highest BCUT2D eigenvalue weighted by atomic mass is 19.1. The van der Waals surface area contributed by atoms with E-state index in [-0.39, 0.29) is 29.6 Å². The Morgan fingerprint density at radius 3 is 2.39 bits per heavy atom. The van der Waals surface area contributed by atoms with Gasteiger partial charge in [0.15, 0.2) is 5.78 Å². The molecule has 33 heavy (non-hydrogen) atoms. The van der Waals surface area contributed by atoms with Crippen LogP contribution in [-0.4, -0.2) is 15.6 Å². The Balaban J connectivity index is 1.74. The monoisotopic (exact) mass is 447 g/mol. The van der Waals surface area contributed by atoms with E-state index in [1.54, 1.807) is 6.07 Å². The number of rotatable bonds is 7. The fourth-order valence-corrected chi connectivity index (χ4v) is 5.38. The van der Waals surface area contributed by atoms with Crippen LogP contribution in [0.25, 0.3) is 0 Å². The highest BCUT2D eigenvalue weighted by Gasteiger charge is 2.40. The maximum absolute atomic E-state index is 14.8. The Kier molecular flexibility index (Phi) is 6.17. The number of aromatic nitrogens is 2. The van der Waals surface area contributed by atoms with Gasteiger partial charge in [0.1, 0.15) is 11.6 Å². The molecule has 1 aliphatic heterocycles. The second-order valence-electron chi connectivity index (χ2n) is 9.91. The van der Waals surface area contributed by atoms with Gasteiger partial charge < -0.3 is 5.32 Å². The molecule has 0 radical (unpaired) electrons. The fraction of sp³-hybridized carbons (Fsp3) is 0.429. The molecule has 5 heteroatoms. The lowest BCUT2D eigenvalue weighted by atomic mass is 9.71. The largest absolute Gasteiger partial charge is 0.363 e. The minimum Gasteiger partial charge on any atom is -0.363 e. The van der Waals surface area contributed by atoms with Gasteiger partial charge in [-0.1, -0.05) is 62.4 Å². The van der Waals surface area contributed by atoms with Crippen LogP contribution in [0.5, 0.6) is 0 Å². The maximum Gasteiger partial charge on any atom is 0.169 e. The molecular weight excluding hydrogens is 413 g/mol. The van der Waals surface area contributed by atoms with Gasteiger partial charge in [0.05, 0.1) is 22.8 Å². The van der Waals surface area contributed by atoms with Crippen LogP contribution < -0.4 is 5.32 Å². The minimum atomic E-state index is -0.549. The Hall–Kier alpha value is -2.95. The normalized spacial score (nSPS) is 17.3. The van der Waals surface area contributed by atoms with Gasteiger partial charge in [-0.15, -0.1) is 0 Å². The number of hydrogen-bond donors (Lipinski definition) is 1. The molecule has 0 bridgehead atoms. The predicted octanol–water partition coefficient (Wildman–Crippen LogP) is 6.95. The zero-order valence-electron chi connectivity index (χ0n) is 20.3. The van der Waals surface area contributed by atoms with Gasteiger partial charge >= 0.3 is 0 Å². The standard InChI is InChI=1S/C28H34FN3O/c1-6-28(7-2,21-15-11-12-16-22(21)29)18-24(33)25-19(3)31-32-26(25)30-23(17-27(32,4)5)20-13-9-8-10-14-20/h8-16,23,30H,6-7,17-18H2,1-5H3/t23-/m1/s1. The third kappa shape index (κ3) is 4.09. The van der Waals surface area contributed by atoms with E-state index in [1.807, 2.05) is 55.8 Å². The van der Waals surface area contributed by atoms with Gasteiger partial charge in [0.2, 0.25) is 0 Å². The maximum atomic E-state index is 14.8. The molecule has 0 fully saturated rings. The van der Waals surface area contributed by atoms with E-state index in [0.29, 0.717) is 24.0 Å². The van der Waals surface area contributed by atoms with E-state index in [4.69, 9.17) is 5.10 Å². The molecule has 4 rings (SSSR count). The number of anilines is 1. The molecule has 174 valence electrons. The summed E-state index contributed by atoms with van der Waals surface area (Å²) in [7, 11) is 0. The van der Waals surface area contributed by atoms with Gasteiger partial charge in [-0.25, -0.2) is 9.07 Å². The van der Waals surface area contributed by atoms with Crippen LogP contribution in [0.2, 0.25) is 0 Å². The Morgan fingerprint density at radius 1 is 1.12 bits per heavy atom. The first-order valence-corrected chi connectivity index (χ1v) is 11.9. The van der Waals surface area contributed by atoms with Gasteiger partial charge in [-0.05, 0) is 57.2 Å². The van der Waals surface area contributed by atoms with Crippen LogP contribution in [0.15, 0.2) is 54.6 Å². The van der Waals surface area contributed by atoms with Crippen molar-refractivity contribution >= 4 is 11.6 Å². The zero-order valence-corrected chi connectivity index (χ0v) is 20.3. The van der Waals surface area contributed by atoms with Crippen molar-refractivity contribution < 1.29 is 9.18 Å². The third-order valence-corrected chi connectivity index (χ3v) is 7.43. The second kappa shape index (κ2) is 8.77. The Bertz CT molecular complexity index is 1150. The summed E-state index contributed by atoms with van der Waals surface area (Å²) in [5.74, 6) is 0.543. The molecule has 0 unspecified atom stereocenters.